The summed E-state index contributed by atoms with van der Waals surface area (Å²) in [4.78, 5) is 32.6. The fourth-order valence-electron chi connectivity index (χ4n) is 3.81. The van der Waals surface area contributed by atoms with E-state index in [1.165, 1.54) is 28.6 Å². The maximum atomic E-state index is 13.3. The third-order valence-corrected chi connectivity index (χ3v) is 7.90. The number of rotatable bonds is 7. The van der Waals surface area contributed by atoms with Crippen LogP contribution in [0.1, 0.15) is 35.3 Å². The van der Waals surface area contributed by atoms with Gasteiger partial charge in [-0.2, -0.15) is 0 Å². The second-order valence-corrected chi connectivity index (χ2v) is 9.93. The first kappa shape index (κ1) is 22.1. The minimum atomic E-state index is -0.133. The lowest BCUT2D eigenvalue weighted by atomic mass is 10.1. The topological polar surface area (TPSA) is 64.0 Å². The molecule has 0 saturated heterocycles. The van der Waals surface area contributed by atoms with Crippen molar-refractivity contribution >= 4 is 50.8 Å². The van der Waals surface area contributed by atoms with Crippen LogP contribution in [0.3, 0.4) is 0 Å². The zero-order chi connectivity index (χ0) is 21.8. The monoisotopic (exact) mass is 473 g/mol. The van der Waals surface area contributed by atoms with Crippen LogP contribution >= 0.6 is 34.7 Å². The van der Waals surface area contributed by atoms with Gasteiger partial charge in [0.05, 0.1) is 11.1 Å². The molecule has 1 N–H and O–H groups in total. The Balaban J connectivity index is 1.54. The van der Waals surface area contributed by atoms with Crippen LogP contribution in [-0.4, -0.2) is 21.2 Å². The number of hydrogen-bond acceptors (Lipinski definition) is 5. The summed E-state index contributed by atoms with van der Waals surface area (Å²) in [5.41, 5.74) is 2.02. The van der Waals surface area contributed by atoms with E-state index in [0.29, 0.717) is 23.3 Å². The molecule has 0 radical (unpaired) electrons. The van der Waals surface area contributed by atoms with E-state index in [2.05, 4.69) is 11.9 Å². The summed E-state index contributed by atoms with van der Waals surface area (Å²) >= 11 is 9.06. The summed E-state index contributed by atoms with van der Waals surface area (Å²) < 4.78 is 1.64. The van der Waals surface area contributed by atoms with Crippen molar-refractivity contribution in [2.75, 3.05) is 5.75 Å². The van der Waals surface area contributed by atoms with Crippen molar-refractivity contribution in [1.29, 1.82) is 0 Å². The molecular formula is C23H24ClN3O2S2. The van der Waals surface area contributed by atoms with E-state index in [1.54, 1.807) is 28.0 Å². The molecule has 0 aliphatic heterocycles. The van der Waals surface area contributed by atoms with Crippen molar-refractivity contribution in [3.63, 3.8) is 0 Å². The molecule has 2 aromatic heterocycles. The lowest BCUT2D eigenvalue weighted by molar-refractivity contribution is -0.118. The van der Waals surface area contributed by atoms with Crippen molar-refractivity contribution in [1.82, 2.24) is 14.9 Å². The van der Waals surface area contributed by atoms with E-state index in [0.717, 1.165) is 41.5 Å². The predicted molar refractivity (Wildman–Crippen MR) is 129 cm³/mol. The summed E-state index contributed by atoms with van der Waals surface area (Å²) in [5.74, 6) is 0.0383. The Hall–Kier alpha value is -2.09. The number of hydrogen-bond donors (Lipinski definition) is 1. The minimum Gasteiger partial charge on any atom is -0.351 e. The molecule has 4 rings (SSSR count). The van der Waals surface area contributed by atoms with Gasteiger partial charge >= 0.3 is 0 Å². The van der Waals surface area contributed by atoms with Gasteiger partial charge < -0.3 is 5.32 Å². The Kier molecular flexibility index (Phi) is 7.15. The van der Waals surface area contributed by atoms with Gasteiger partial charge in [-0.3, -0.25) is 14.2 Å². The number of allylic oxidation sites excluding steroid dienone is 1. The van der Waals surface area contributed by atoms with Crippen molar-refractivity contribution < 1.29 is 4.79 Å². The van der Waals surface area contributed by atoms with Crippen LogP contribution < -0.4 is 10.9 Å². The lowest BCUT2D eigenvalue weighted by Crippen LogP contribution is -2.26. The van der Waals surface area contributed by atoms with E-state index < -0.39 is 0 Å². The van der Waals surface area contributed by atoms with Crippen molar-refractivity contribution in [3.05, 3.63) is 68.3 Å². The van der Waals surface area contributed by atoms with Crippen LogP contribution in [0.25, 0.3) is 10.2 Å². The maximum Gasteiger partial charge on any atom is 0.263 e. The van der Waals surface area contributed by atoms with Gasteiger partial charge in [-0.05, 0) is 42.9 Å². The number of thioether (sulfide) groups is 1. The maximum absolute atomic E-state index is 13.3. The van der Waals surface area contributed by atoms with Crippen LogP contribution in [-0.2, 0) is 30.7 Å². The molecule has 2 heterocycles. The first-order valence-corrected chi connectivity index (χ1v) is 12.6. The van der Waals surface area contributed by atoms with Gasteiger partial charge in [0, 0.05) is 23.0 Å². The zero-order valence-electron chi connectivity index (χ0n) is 17.2. The molecule has 3 aromatic rings. The summed E-state index contributed by atoms with van der Waals surface area (Å²) in [5, 5.41) is 4.83. The van der Waals surface area contributed by atoms with Crippen molar-refractivity contribution in [3.8, 4) is 0 Å². The Bertz CT molecular complexity index is 1190. The van der Waals surface area contributed by atoms with Crippen molar-refractivity contribution in [2.24, 2.45) is 0 Å². The number of carbonyl (C=O) groups is 1. The second-order valence-electron chi connectivity index (χ2n) is 7.50. The highest BCUT2D eigenvalue weighted by molar-refractivity contribution is 7.99. The summed E-state index contributed by atoms with van der Waals surface area (Å²) in [6.07, 6.45) is 7.13. The highest BCUT2D eigenvalue weighted by Gasteiger charge is 2.21. The van der Waals surface area contributed by atoms with Crippen LogP contribution in [0, 0.1) is 0 Å². The third kappa shape index (κ3) is 4.89. The molecule has 8 heteroatoms. The number of aromatic nitrogens is 2. The quantitative estimate of drug-likeness (QED) is 0.227. The first-order valence-electron chi connectivity index (χ1n) is 10.4. The molecule has 1 amide bonds. The number of fused-ring (bicyclic) bond motifs is 3. The number of amides is 1. The smallest absolute Gasteiger partial charge is 0.263 e. The molecule has 5 nitrogen and oxygen atoms in total. The largest absolute Gasteiger partial charge is 0.351 e. The van der Waals surface area contributed by atoms with Crippen LogP contribution in [0.15, 0.2) is 46.9 Å². The number of benzene rings is 1. The Morgan fingerprint density at radius 1 is 1.29 bits per heavy atom. The van der Waals surface area contributed by atoms with Gasteiger partial charge in [0.1, 0.15) is 4.83 Å². The number of thiophene rings is 1. The van der Waals surface area contributed by atoms with Crippen LogP contribution in [0.2, 0.25) is 5.02 Å². The average molecular weight is 474 g/mol. The van der Waals surface area contributed by atoms with Crippen molar-refractivity contribution in [2.45, 2.75) is 50.4 Å². The number of carbonyl (C=O) groups excluding carboxylic acids is 1. The summed E-state index contributed by atoms with van der Waals surface area (Å²) in [7, 11) is 0. The highest BCUT2D eigenvalue weighted by Crippen LogP contribution is 2.34. The van der Waals surface area contributed by atoms with E-state index in [9.17, 15) is 9.59 Å². The number of halogens is 1. The van der Waals surface area contributed by atoms with Crippen LogP contribution in [0.5, 0.6) is 0 Å². The molecule has 0 unspecified atom stereocenters. The molecule has 0 fully saturated rings. The Morgan fingerprint density at radius 3 is 2.90 bits per heavy atom. The molecule has 162 valence electrons. The highest BCUT2D eigenvalue weighted by atomic mass is 35.5. The lowest BCUT2D eigenvalue weighted by Gasteiger charge is -2.11. The zero-order valence-corrected chi connectivity index (χ0v) is 19.5. The molecule has 1 aliphatic carbocycles. The van der Waals surface area contributed by atoms with E-state index in [1.807, 2.05) is 18.2 Å². The first-order chi connectivity index (χ1) is 15.1. The molecule has 0 spiro atoms. The van der Waals surface area contributed by atoms with E-state index >= 15 is 0 Å². The third-order valence-electron chi connectivity index (χ3n) is 5.37. The van der Waals surface area contributed by atoms with Gasteiger partial charge in [-0.25, -0.2) is 4.98 Å². The van der Waals surface area contributed by atoms with Gasteiger partial charge in [0.2, 0.25) is 5.91 Å². The number of nitrogens with zero attached hydrogens (tertiary/aromatic N) is 2. The van der Waals surface area contributed by atoms with E-state index in [-0.39, 0.29) is 17.2 Å². The van der Waals surface area contributed by atoms with Gasteiger partial charge in [-0.15, -0.1) is 17.9 Å². The molecule has 0 bridgehead atoms. The fraction of sp³-hybridized carbons (Fsp3) is 0.348. The predicted octanol–water partition coefficient (Wildman–Crippen LogP) is 4.97. The molecule has 31 heavy (non-hydrogen) atoms. The number of aryl methyl sites for hydroxylation is 2. The van der Waals surface area contributed by atoms with Gasteiger partial charge in [0.25, 0.3) is 5.56 Å². The standard InChI is InChI=1S/C23H24ClN3O2S2/c1-2-12-27-22(29)20-16-9-4-3-5-11-18(16)31-21(20)26-23(27)30-14-19(28)25-13-15-8-6-7-10-17(15)24/h2,6-8,10H,1,3-5,9,11-14H2,(H,25,28). The van der Waals surface area contributed by atoms with Crippen LogP contribution in [0.4, 0.5) is 0 Å². The van der Waals surface area contributed by atoms with Gasteiger partial charge in [0.15, 0.2) is 5.16 Å². The molecule has 0 atom stereocenters. The Morgan fingerprint density at radius 2 is 2.10 bits per heavy atom. The van der Waals surface area contributed by atoms with E-state index in [4.69, 9.17) is 16.6 Å². The number of nitrogens with one attached hydrogen (secondary N) is 1. The molecule has 1 aromatic carbocycles. The van der Waals surface area contributed by atoms with Gasteiger partial charge in [-0.1, -0.05) is 54.1 Å². The second kappa shape index (κ2) is 10.0. The SMILES string of the molecule is C=CCn1c(SCC(=O)NCc2ccccc2Cl)nc2sc3c(c2c1=O)CCCCC3. The normalized spacial score (nSPS) is 13.6. The molecule has 0 saturated carbocycles. The fourth-order valence-corrected chi connectivity index (χ4v) is 6.16. The average Bonchev–Trinajstić information content (AvgIpc) is 2.95. The molecule has 1 aliphatic rings. The Labute approximate surface area is 194 Å². The summed E-state index contributed by atoms with van der Waals surface area (Å²) in [6.45, 7) is 4.52. The minimum absolute atomic E-state index is 0.0247. The molecular weight excluding hydrogens is 450 g/mol. The summed E-state index contributed by atoms with van der Waals surface area (Å²) in [6, 6.07) is 7.42.